The number of benzene rings is 1. The standard InChI is InChI=1S/C19H22N2O3/c22-17(20-10-3-4-11-20)12-21-16-9-2-1-6-13(16)14-7-5-8-15(18(14)21)19(23)24/h5,7-8H,1-4,6,9-12H2,(H,23,24). The summed E-state index contributed by atoms with van der Waals surface area (Å²) in [6.45, 7) is 1.91. The minimum absolute atomic E-state index is 0.109. The molecule has 2 aliphatic rings. The van der Waals surface area contributed by atoms with Gasteiger partial charge < -0.3 is 14.6 Å². The van der Waals surface area contributed by atoms with Crippen molar-refractivity contribution in [3.05, 3.63) is 35.0 Å². The minimum Gasteiger partial charge on any atom is -0.478 e. The third kappa shape index (κ3) is 2.39. The SMILES string of the molecule is O=C(O)c1cccc2c3c(n(CC(=O)N4CCCC4)c12)CCCC3. The summed E-state index contributed by atoms with van der Waals surface area (Å²) in [6, 6.07) is 5.46. The average Bonchev–Trinajstić information content (AvgIpc) is 3.22. The van der Waals surface area contributed by atoms with Crippen LogP contribution in [0.15, 0.2) is 18.2 Å². The second-order valence-electron chi connectivity index (χ2n) is 6.81. The number of amides is 1. The van der Waals surface area contributed by atoms with Crippen LogP contribution in [0.1, 0.15) is 47.3 Å². The molecule has 1 aliphatic carbocycles. The number of nitrogens with zero attached hydrogens (tertiary/aromatic N) is 2. The van der Waals surface area contributed by atoms with Crippen LogP contribution >= 0.6 is 0 Å². The fourth-order valence-corrected chi connectivity index (χ4v) is 4.24. The number of fused-ring (bicyclic) bond motifs is 3. The molecule has 1 aliphatic heterocycles. The van der Waals surface area contributed by atoms with Gasteiger partial charge in [0.15, 0.2) is 0 Å². The second kappa shape index (κ2) is 5.96. The maximum absolute atomic E-state index is 12.7. The van der Waals surface area contributed by atoms with Crippen molar-refractivity contribution in [3.8, 4) is 0 Å². The summed E-state index contributed by atoms with van der Waals surface area (Å²) in [5, 5.41) is 10.6. The van der Waals surface area contributed by atoms with E-state index in [9.17, 15) is 14.7 Å². The number of rotatable bonds is 3. The highest BCUT2D eigenvalue weighted by atomic mass is 16.4. The summed E-state index contributed by atoms with van der Waals surface area (Å²) >= 11 is 0. The molecule has 0 saturated carbocycles. The number of hydrogen-bond acceptors (Lipinski definition) is 2. The molecule has 1 aromatic heterocycles. The highest BCUT2D eigenvalue weighted by Crippen LogP contribution is 2.34. The minimum atomic E-state index is -0.926. The second-order valence-corrected chi connectivity index (χ2v) is 6.81. The van der Waals surface area contributed by atoms with E-state index in [4.69, 9.17) is 0 Å². The Bertz CT molecular complexity index is 816. The Hall–Kier alpha value is -2.30. The highest BCUT2D eigenvalue weighted by molar-refractivity contribution is 6.04. The van der Waals surface area contributed by atoms with Gasteiger partial charge in [-0.1, -0.05) is 12.1 Å². The Labute approximate surface area is 140 Å². The molecule has 0 radical (unpaired) electrons. The first-order valence-electron chi connectivity index (χ1n) is 8.81. The summed E-state index contributed by atoms with van der Waals surface area (Å²) < 4.78 is 1.99. The number of likely N-dealkylation sites (tertiary alicyclic amines) is 1. The summed E-state index contributed by atoms with van der Waals surface area (Å²) in [4.78, 5) is 26.3. The van der Waals surface area contributed by atoms with Gasteiger partial charge in [0.25, 0.3) is 0 Å². The van der Waals surface area contributed by atoms with Gasteiger partial charge in [-0.15, -0.1) is 0 Å². The van der Waals surface area contributed by atoms with E-state index in [1.165, 1.54) is 5.56 Å². The Morgan fingerprint density at radius 1 is 1.04 bits per heavy atom. The van der Waals surface area contributed by atoms with E-state index >= 15 is 0 Å². The number of para-hydroxylation sites is 1. The Morgan fingerprint density at radius 2 is 1.79 bits per heavy atom. The molecule has 0 spiro atoms. The van der Waals surface area contributed by atoms with Crippen molar-refractivity contribution in [1.82, 2.24) is 9.47 Å². The van der Waals surface area contributed by atoms with Crippen LogP contribution in [0.5, 0.6) is 0 Å². The fourth-order valence-electron chi connectivity index (χ4n) is 4.24. The van der Waals surface area contributed by atoms with Gasteiger partial charge in [-0.2, -0.15) is 0 Å². The molecule has 1 N–H and O–H groups in total. The van der Waals surface area contributed by atoms with Gasteiger partial charge in [-0.05, 0) is 50.2 Å². The molecule has 5 heteroatoms. The van der Waals surface area contributed by atoms with Crippen LogP contribution in [0.25, 0.3) is 10.9 Å². The quantitative estimate of drug-likeness (QED) is 0.943. The number of aryl methyl sites for hydroxylation is 1. The number of aromatic nitrogens is 1. The van der Waals surface area contributed by atoms with E-state index in [1.54, 1.807) is 6.07 Å². The van der Waals surface area contributed by atoms with Crippen LogP contribution in [0.4, 0.5) is 0 Å². The number of carboxylic acids is 1. The molecule has 2 heterocycles. The topological polar surface area (TPSA) is 62.5 Å². The van der Waals surface area contributed by atoms with Gasteiger partial charge in [-0.25, -0.2) is 4.79 Å². The van der Waals surface area contributed by atoms with E-state index < -0.39 is 5.97 Å². The van der Waals surface area contributed by atoms with Crippen molar-refractivity contribution in [3.63, 3.8) is 0 Å². The van der Waals surface area contributed by atoms with Gasteiger partial charge in [-0.3, -0.25) is 4.79 Å². The maximum Gasteiger partial charge on any atom is 0.337 e. The van der Waals surface area contributed by atoms with Crippen molar-refractivity contribution < 1.29 is 14.7 Å². The number of carboxylic acid groups (broad SMARTS) is 1. The van der Waals surface area contributed by atoms with Crippen LogP contribution in [-0.4, -0.2) is 39.5 Å². The van der Waals surface area contributed by atoms with E-state index in [2.05, 4.69) is 0 Å². The first-order chi connectivity index (χ1) is 11.7. The van der Waals surface area contributed by atoms with Gasteiger partial charge in [0, 0.05) is 24.2 Å². The lowest BCUT2D eigenvalue weighted by atomic mass is 9.95. The number of carbonyl (C=O) groups excluding carboxylic acids is 1. The molecule has 1 saturated heterocycles. The third-order valence-corrected chi connectivity index (χ3v) is 5.38. The Balaban J connectivity index is 1.85. The predicted molar refractivity (Wildman–Crippen MR) is 91.4 cm³/mol. The van der Waals surface area contributed by atoms with Gasteiger partial charge >= 0.3 is 5.97 Å². The monoisotopic (exact) mass is 326 g/mol. The summed E-state index contributed by atoms with van der Waals surface area (Å²) in [5.41, 5.74) is 3.44. The Kier molecular flexibility index (Phi) is 3.79. The van der Waals surface area contributed by atoms with Crippen LogP contribution in [0, 0.1) is 0 Å². The van der Waals surface area contributed by atoms with E-state index in [1.807, 2.05) is 21.6 Å². The number of hydrogen-bond donors (Lipinski definition) is 1. The number of aromatic carboxylic acids is 1. The molecule has 4 rings (SSSR count). The molecule has 2 aromatic rings. The molecule has 126 valence electrons. The molecule has 1 fully saturated rings. The van der Waals surface area contributed by atoms with E-state index in [-0.39, 0.29) is 12.5 Å². The maximum atomic E-state index is 12.7. The summed E-state index contributed by atoms with van der Waals surface area (Å²) in [7, 11) is 0. The van der Waals surface area contributed by atoms with Gasteiger partial charge in [0.2, 0.25) is 5.91 Å². The molecular formula is C19H22N2O3. The Morgan fingerprint density at radius 3 is 2.54 bits per heavy atom. The largest absolute Gasteiger partial charge is 0.478 e. The molecule has 0 unspecified atom stereocenters. The molecule has 1 amide bonds. The molecular weight excluding hydrogens is 304 g/mol. The molecule has 0 atom stereocenters. The zero-order valence-corrected chi connectivity index (χ0v) is 13.8. The zero-order chi connectivity index (χ0) is 16.7. The lowest BCUT2D eigenvalue weighted by Gasteiger charge is -2.19. The molecule has 5 nitrogen and oxygen atoms in total. The molecule has 1 aromatic carbocycles. The first kappa shape index (κ1) is 15.2. The van der Waals surface area contributed by atoms with Crippen molar-refractivity contribution in [1.29, 1.82) is 0 Å². The normalized spacial score (nSPS) is 17.2. The molecule has 24 heavy (non-hydrogen) atoms. The smallest absolute Gasteiger partial charge is 0.337 e. The van der Waals surface area contributed by atoms with Crippen molar-refractivity contribution in [2.75, 3.05) is 13.1 Å². The fraction of sp³-hybridized carbons (Fsp3) is 0.474. The van der Waals surface area contributed by atoms with Crippen LogP contribution < -0.4 is 0 Å². The van der Waals surface area contributed by atoms with Gasteiger partial charge in [0.1, 0.15) is 6.54 Å². The summed E-state index contributed by atoms with van der Waals surface area (Å²) in [5.74, 6) is -0.816. The van der Waals surface area contributed by atoms with Crippen LogP contribution in [0.2, 0.25) is 0 Å². The highest BCUT2D eigenvalue weighted by Gasteiger charge is 2.26. The summed E-state index contributed by atoms with van der Waals surface area (Å²) in [6.07, 6.45) is 6.26. The van der Waals surface area contributed by atoms with E-state index in [0.29, 0.717) is 5.56 Å². The first-order valence-corrected chi connectivity index (χ1v) is 8.81. The lowest BCUT2D eigenvalue weighted by molar-refractivity contribution is -0.130. The van der Waals surface area contributed by atoms with E-state index in [0.717, 1.165) is 68.2 Å². The van der Waals surface area contributed by atoms with Crippen molar-refractivity contribution in [2.24, 2.45) is 0 Å². The third-order valence-electron chi connectivity index (χ3n) is 5.38. The zero-order valence-electron chi connectivity index (χ0n) is 13.8. The van der Waals surface area contributed by atoms with Crippen LogP contribution in [-0.2, 0) is 24.2 Å². The predicted octanol–water partition coefficient (Wildman–Crippen LogP) is 2.84. The van der Waals surface area contributed by atoms with Crippen molar-refractivity contribution in [2.45, 2.75) is 45.1 Å². The van der Waals surface area contributed by atoms with Crippen LogP contribution in [0.3, 0.4) is 0 Å². The number of carbonyl (C=O) groups is 2. The average molecular weight is 326 g/mol. The lowest BCUT2D eigenvalue weighted by Crippen LogP contribution is -2.31. The van der Waals surface area contributed by atoms with Crippen molar-refractivity contribution >= 4 is 22.8 Å². The molecule has 0 bridgehead atoms. The van der Waals surface area contributed by atoms with Gasteiger partial charge in [0.05, 0.1) is 11.1 Å².